The lowest BCUT2D eigenvalue weighted by atomic mass is 10.1. The summed E-state index contributed by atoms with van der Waals surface area (Å²) in [6.45, 7) is 6.99. The SMILES string of the molecule is CC(C)(C)NCc1ccnc(NCc2ccncn2)c1F. The monoisotopic (exact) mass is 289 g/mol. The minimum absolute atomic E-state index is 0.0652. The zero-order valence-corrected chi connectivity index (χ0v) is 12.5. The number of nitrogens with one attached hydrogen (secondary N) is 2. The Bertz CT molecular complexity index is 580. The van der Waals surface area contributed by atoms with E-state index in [1.54, 1.807) is 24.5 Å². The van der Waals surface area contributed by atoms with E-state index in [9.17, 15) is 4.39 Å². The van der Waals surface area contributed by atoms with Crippen LogP contribution in [-0.4, -0.2) is 20.5 Å². The lowest BCUT2D eigenvalue weighted by Gasteiger charge is -2.21. The van der Waals surface area contributed by atoms with Crippen LogP contribution in [0.4, 0.5) is 10.2 Å². The molecule has 0 aliphatic carbocycles. The lowest BCUT2D eigenvalue weighted by molar-refractivity contribution is 0.418. The highest BCUT2D eigenvalue weighted by atomic mass is 19.1. The van der Waals surface area contributed by atoms with Gasteiger partial charge in [0, 0.05) is 30.0 Å². The number of hydrogen-bond acceptors (Lipinski definition) is 5. The maximum atomic E-state index is 14.4. The van der Waals surface area contributed by atoms with Gasteiger partial charge in [0.25, 0.3) is 0 Å². The molecular formula is C15H20FN5. The molecule has 5 nitrogen and oxygen atoms in total. The van der Waals surface area contributed by atoms with Crippen LogP contribution in [0.3, 0.4) is 0 Å². The smallest absolute Gasteiger partial charge is 0.169 e. The highest BCUT2D eigenvalue weighted by molar-refractivity contribution is 5.40. The molecule has 0 saturated carbocycles. The zero-order chi connectivity index (χ0) is 15.3. The van der Waals surface area contributed by atoms with Gasteiger partial charge in [0.2, 0.25) is 0 Å². The van der Waals surface area contributed by atoms with Crippen molar-refractivity contribution in [2.75, 3.05) is 5.32 Å². The minimum Gasteiger partial charge on any atom is -0.362 e. The lowest BCUT2D eigenvalue weighted by Crippen LogP contribution is -2.35. The van der Waals surface area contributed by atoms with Gasteiger partial charge in [0.05, 0.1) is 12.2 Å². The Morgan fingerprint density at radius 2 is 1.90 bits per heavy atom. The third kappa shape index (κ3) is 4.75. The number of nitrogens with zero attached hydrogens (tertiary/aromatic N) is 3. The molecule has 2 heterocycles. The molecule has 0 spiro atoms. The Balaban J connectivity index is 2.03. The van der Waals surface area contributed by atoms with Crippen molar-refractivity contribution in [2.45, 2.75) is 39.4 Å². The minimum atomic E-state index is -0.330. The van der Waals surface area contributed by atoms with E-state index in [4.69, 9.17) is 0 Å². The summed E-state index contributed by atoms with van der Waals surface area (Å²) in [5.41, 5.74) is 1.30. The van der Waals surface area contributed by atoms with E-state index in [0.29, 0.717) is 18.7 Å². The van der Waals surface area contributed by atoms with Gasteiger partial charge in [-0.1, -0.05) is 0 Å². The Morgan fingerprint density at radius 1 is 1.10 bits per heavy atom. The molecular weight excluding hydrogens is 269 g/mol. The summed E-state index contributed by atoms with van der Waals surface area (Å²) in [5.74, 6) is -0.0925. The van der Waals surface area contributed by atoms with Crippen LogP contribution in [0.2, 0.25) is 0 Å². The predicted molar refractivity (Wildman–Crippen MR) is 80.1 cm³/mol. The standard InChI is InChI=1S/C15H20FN5/c1-15(2,3)21-8-11-4-7-18-14(13(11)16)19-9-12-5-6-17-10-20-12/h4-7,10,21H,8-9H2,1-3H3,(H,18,19). The fourth-order valence-corrected chi connectivity index (χ4v) is 1.70. The van der Waals surface area contributed by atoms with Gasteiger partial charge in [-0.3, -0.25) is 0 Å². The normalized spacial score (nSPS) is 11.4. The predicted octanol–water partition coefficient (Wildman–Crippen LogP) is 2.51. The van der Waals surface area contributed by atoms with E-state index in [-0.39, 0.29) is 17.2 Å². The van der Waals surface area contributed by atoms with E-state index in [1.807, 2.05) is 20.8 Å². The summed E-state index contributed by atoms with van der Waals surface area (Å²) in [6.07, 6.45) is 4.72. The molecule has 0 amide bonds. The van der Waals surface area contributed by atoms with Gasteiger partial charge in [0.15, 0.2) is 11.6 Å². The first-order chi connectivity index (χ1) is 9.96. The van der Waals surface area contributed by atoms with Crippen LogP contribution < -0.4 is 10.6 Å². The first kappa shape index (κ1) is 15.3. The molecule has 2 rings (SSSR count). The highest BCUT2D eigenvalue weighted by Gasteiger charge is 2.13. The van der Waals surface area contributed by atoms with Crippen molar-refractivity contribution in [3.8, 4) is 0 Å². The zero-order valence-electron chi connectivity index (χ0n) is 12.5. The average Bonchev–Trinajstić information content (AvgIpc) is 2.45. The molecule has 0 fully saturated rings. The van der Waals surface area contributed by atoms with Gasteiger partial charge in [0.1, 0.15) is 6.33 Å². The summed E-state index contributed by atoms with van der Waals surface area (Å²) in [5, 5.41) is 6.23. The van der Waals surface area contributed by atoms with Gasteiger partial charge >= 0.3 is 0 Å². The topological polar surface area (TPSA) is 62.7 Å². The molecule has 0 radical (unpaired) electrons. The first-order valence-corrected chi connectivity index (χ1v) is 6.83. The summed E-state index contributed by atoms with van der Waals surface area (Å²) in [4.78, 5) is 12.0. The number of hydrogen-bond donors (Lipinski definition) is 2. The Kier molecular flexibility index (Phi) is 4.80. The second-order valence-corrected chi connectivity index (χ2v) is 5.79. The molecule has 0 aliphatic heterocycles. The van der Waals surface area contributed by atoms with E-state index >= 15 is 0 Å². The largest absolute Gasteiger partial charge is 0.362 e. The van der Waals surface area contributed by atoms with Crippen LogP contribution in [0.25, 0.3) is 0 Å². The molecule has 6 heteroatoms. The molecule has 0 unspecified atom stereocenters. The van der Waals surface area contributed by atoms with E-state index < -0.39 is 0 Å². The maximum absolute atomic E-state index is 14.4. The molecule has 0 atom stereocenters. The summed E-state index contributed by atoms with van der Waals surface area (Å²) < 4.78 is 14.4. The molecule has 112 valence electrons. The van der Waals surface area contributed by atoms with Crippen LogP contribution in [-0.2, 0) is 13.1 Å². The average molecular weight is 289 g/mol. The highest BCUT2D eigenvalue weighted by Crippen LogP contribution is 2.16. The third-order valence-corrected chi connectivity index (χ3v) is 2.86. The van der Waals surface area contributed by atoms with E-state index in [1.165, 1.54) is 6.33 Å². The van der Waals surface area contributed by atoms with Crippen molar-refractivity contribution in [1.29, 1.82) is 0 Å². The van der Waals surface area contributed by atoms with Gasteiger partial charge in [-0.2, -0.15) is 0 Å². The third-order valence-electron chi connectivity index (χ3n) is 2.86. The first-order valence-electron chi connectivity index (χ1n) is 6.83. The molecule has 0 aromatic carbocycles. The number of pyridine rings is 1. The quantitative estimate of drug-likeness (QED) is 0.885. The molecule has 0 bridgehead atoms. The molecule has 2 aromatic heterocycles. The number of halogens is 1. The number of rotatable bonds is 5. The van der Waals surface area contributed by atoms with Crippen molar-refractivity contribution in [1.82, 2.24) is 20.3 Å². The van der Waals surface area contributed by atoms with Crippen LogP contribution in [0.5, 0.6) is 0 Å². The van der Waals surface area contributed by atoms with Crippen molar-refractivity contribution in [3.05, 3.63) is 47.9 Å². The second kappa shape index (κ2) is 6.58. The Morgan fingerprint density at radius 3 is 2.57 bits per heavy atom. The van der Waals surface area contributed by atoms with Crippen molar-refractivity contribution < 1.29 is 4.39 Å². The van der Waals surface area contributed by atoms with Gasteiger partial charge < -0.3 is 10.6 Å². The van der Waals surface area contributed by atoms with E-state index in [0.717, 1.165) is 5.69 Å². The fourth-order valence-electron chi connectivity index (χ4n) is 1.70. The molecule has 0 aliphatic rings. The van der Waals surface area contributed by atoms with Crippen molar-refractivity contribution in [2.24, 2.45) is 0 Å². The van der Waals surface area contributed by atoms with Crippen LogP contribution in [0, 0.1) is 5.82 Å². The summed E-state index contributed by atoms with van der Waals surface area (Å²) in [6, 6.07) is 3.46. The van der Waals surface area contributed by atoms with Crippen LogP contribution in [0.1, 0.15) is 32.0 Å². The van der Waals surface area contributed by atoms with Gasteiger partial charge in [-0.25, -0.2) is 19.3 Å². The molecule has 21 heavy (non-hydrogen) atoms. The fraction of sp³-hybridized carbons (Fsp3) is 0.400. The van der Waals surface area contributed by atoms with Crippen molar-refractivity contribution in [3.63, 3.8) is 0 Å². The van der Waals surface area contributed by atoms with Crippen molar-refractivity contribution >= 4 is 5.82 Å². The van der Waals surface area contributed by atoms with E-state index in [2.05, 4.69) is 25.6 Å². The van der Waals surface area contributed by atoms with Crippen LogP contribution >= 0.6 is 0 Å². The Hall–Kier alpha value is -2.08. The summed E-state index contributed by atoms with van der Waals surface area (Å²) in [7, 11) is 0. The van der Waals surface area contributed by atoms with Gasteiger partial charge in [-0.15, -0.1) is 0 Å². The summed E-state index contributed by atoms with van der Waals surface area (Å²) >= 11 is 0. The number of aromatic nitrogens is 3. The Labute approximate surface area is 124 Å². The maximum Gasteiger partial charge on any atom is 0.169 e. The molecule has 2 aromatic rings. The van der Waals surface area contributed by atoms with Crippen LogP contribution in [0.15, 0.2) is 30.9 Å². The number of anilines is 1. The second-order valence-electron chi connectivity index (χ2n) is 5.79. The van der Waals surface area contributed by atoms with Gasteiger partial charge in [-0.05, 0) is 32.9 Å². The molecule has 2 N–H and O–H groups in total. The molecule has 0 saturated heterocycles.